The van der Waals surface area contributed by atoms with Crippen LogP contribution in [0.25, 0.3) is 0 Å². The van der Waals surface area contributed by atoms with Gasteiger partial charge in [0.2, 0.25) is 11.8 Å². The summed E-state index contributed by atoms with van der Waals surface area (Å²) in [4.78, 5) is 32.0. The van der Waals surface area contributed by atoms with E-state index in [0.29, 0.717) is 19.5 Å². The normalized spacial score (nSPS) is 25.9. The number of hydrogen-bond acceptors (Lipinski definition) is 5. The lowest BCUT2D eigenvalue weighted by Gasteiger charge is -2.45. The van der Waals surface area contributed by atoms with Crippen LogP contribution in [0.3, 0.4) is 0 Å². The molecule has 2 fully saturated rings. The third-order valence-electron chi connectivity index (χ3n) is 4.18. The van der Waals surface area contributed by atoms with Crippen molar-refractivity contribution in [1.82, 2.24) is 14.8 Å². The van der Waals surface area contributed by atoms with E-state index in [2.05, 4.69) is 4.98 Å². The summed E-state index contributed by atoms with van der Waals surface area (Å²) in [5.74, 6) is 0.0610. The van der Waals surface area contributed by atoms with Crippen LogP contribution in [0.1, 0.15) is 17.1 Å². The smallest absolute Gasteiger partial charge is 0.248 e. The van der Waals surface area contributed by atoms with E-state index in [1.165, 1.54) is 0 Å². The fourth-order valence-corrected chi connectivity index (χ4v) is 3.54. The number of aromatic nitrogens is 1. The number of aryl methyl sites for hydroxylation is 1. The van der Waals surface area contributed by atoms with Crippen molar-refractivity contribution >= 4 is 23.2 Å². The lowest BCUT2D eigenvalue weighted by molar-refractivity contribution is -0.163. The lowest BCUT2D eigenvalue weighted by atomic mass is 9.98. The van der Waals surface area contributed by atoms with Crippen molar-refractivity contribution in [3.8, 4) is 0 Å². The van der Waals surface area contributed by atoms with Gasteiger partial charge in [0.15, 0.2) is 0 Å². The van der Waals surface area contributed by atoms with Crippen LogP contribution in [0, 0.1) is 6.92 Å². The number of fused-ring (bicyclic) bond motifs is 1. The van der Waals surface area contributed by atoms with Gasteiger partial charge in [-0.25, -0.2) is 4.98 Å². The summed E-state index contributed by atoms with van der Waals surface area (Å²) in [7, 11) is 1.79. The number of hydrogen-bond donors (Lipinski definition) is 0. The van der Waals surface area contributed by atoms with Gasteiger partial charge in [-0.05, 0) is 13.3 Å². The van der Waals surface area contributed by atoms with Crippen molar-refractivity contribution in [3.05, 3.63) is 16.1 Å². The number of amides is 2. The standard InChI is InChI=1S/C14H19N3O3S/c1-9-15-10(8-21-9)5-13(18)17-4-3-12-11(6-17)16(2)14(19)7-20-12/h8,11-12H,3-7H2,1-2H3/t11-,12+/m0/s1. The molecule has 0 spiro atoms. The summed E-state index contributed by atoms with van der Waals surface area (Å²) in [5, 5.41) is 2.90. The molecule has 2 atom stereocenters. The Hall–Kier alpha value is -1.47. The highest BCUT2D eigenvalue weighted by Gasteiger charge is 2.39. The van der Waals surface area contributed by atoms with E-state index in [9.17, 15) is 9.59 Å². The van der Waals surface area contributed by atoms with Crippen LogP contribution in [0.5, 0.6) is 0 Å². The molecule has 0 aromatic carbocycles. The minimum Gasteiger partial charge on any atom is -0.366 e. The molecular weight excluding hydrogens is 290 g/mol. The average molecular weight is 309 g/mol. The molecule has 0 N–H and O–H groups in total. The van der Waals surface area contributed by atoms with E-state index in [0.717, 1.165) is 17.1 Å². The van der Waals surface area contributed by atoms with Crippen molar-refractivity contribution in [3.63, 3.8) is 0 Å². The van der Waals surface area contributed by atoms with E-state index < -0.39 is 0 Å². The van der Waals surface area contributed by atoms with Gasteiger partial charge in [0.1, 0.15) is 6.61 Å². The zero-order chi connectivity index (χ0) is 15.0. The molecule has 2 amide bonds. The van der Waals surface area contributed by atoms with Gasteiger partial charge in [-0.15, -0.1) is 11.3 Å². The highest BCUT2D eigenvalue weighted by Crippen LogP contribution is 2.23. The first kappa shape index (κ1) is 14.5. The maximum Gasteiger partial charge on any atom is 0.248 e. The Balaban J connectivity index is 1.64. The quantitative estimate of drug-likeness (QED) is 0.796. The molecular formula is C14H19N3O3S. The number of carbonyl (C=O) groups is 2. The number of ether oxygens (including phenoxy) is 1. The Labute approximate surface area is 127 Å². The van der Waals surface area contributed by atoms with Crippen molar-refractivity contribution in [1.29, 1.82) is 0 Å². The predicted octanol–water partition coefficient (Wildman–Crippen LogP) is 0.452. The molecule has 0 radical (unpaired) electrons. The summed E-state index contributed by atoms with van der Waals surface area (Å²) in [6.07, 6.45) is 1.17. The van der Waals surface area contributed by atoms with E-state index in [-0.39, 0.29) is 30.6 Å². The highest BCUT2D eigenvalue weighted by molar-refractivity contribution is 7.09. The van der Waals surface area contributed by atoms with Gasteiger partial charge >= 0.3 is 0 Å². The van der Waals surface area contributed by atoms with Gasteiger partial charge in [0.05, 0.1) is 29.3 Å². The molecule has 0 unspecified atom stereocenters. The Morgan fingerprint density at radius 3 is 3.10 bits per heavy atom. The molecule has 3 rings (SSSR count). The van der Waals surface area contributed by atoms with Crippen LogP contribution in [0.15, 0.2) is 5.38 Å². The summed E-state index contributed by atoms with van der Waals surface area (Å²) < 4.78 is 5.57. The van der Waals surface area contributed by atoms with Gasteiger partial charge in [-0.1, -0.05) is 0 Å². The number of piperidine rings is 1. The van der Waals surface area contributed by atoms with E-state index in [1.54, 1.807) is 23.3 Å². The lowest BCUT2D eigenvalue weighted by Crippen LogP contribution is -2.61. The molecule has 2 aliphatic rings. The summed E-state index contributed by atoms with van der Waals surface area (Å²) in [6.45, 7) is 3.33. The zero-order valence-corrected chi connectivity index (χ0v) is 13.1. The molecule has 0 bridgehead atoms. The molecule has 1 aromatic heterocycles. The van der Waals surface area contributed by atoms with Crippen LogP contribution in [-0.4, -0.2) is 65.5 Å². The minimum absolute atomic E-state index is 0.0133. The minimum atomic E-state index is -0.0267. The number of likely N-dealkylation sites (N-methyl/N-ethyl adjacent to an activating group) is 1. The van der Waals surface area contributed by atoms with E-state index in [4.69, 9.17) is 4.74 Å². The highest BCUT2D eigenvalue weighted by atomic mass is 32.1. The molecule has 2 saturated heterocycles. The molecule has 2 aliphatic heterocycles. The third kappa shape index (κ3) is 2.94. The summed E-state index contributed by atoms with van der Waals surface area (Å²) in [6, 6.07) is -0.0267. The molecule has 6 nitrogen and oxygen atoms in total. The Morgan fingerprint density at radius 1 is 1.57 bits per heavy atom. The molecule has 1 aromatic rings. The van der Waals surface area contributed by atoms with Gasteiger partial charge in [-0.3, -0.25) is 9.59 Å². The Kier molecular flexibility index (Phi) is 3.95. The van der Waals surface area contributed by atoms with Crippen LogP contribution < -0.4 is 0 Å². The molecule has 7 heteroatoms. The summed E-state index contributed by atoms with van der Waals surface area (Å²) >= 11 is 1.56. The first-order valence-electron chi connectivity index (χ1n) is 7.10. The molecule has 21 heavy (non-hydrogen) atoms. The van der Waals surface area contributed by atoms with Gasteiger partial charge in [0.25, 0.3) is 0 Å². The monoisotopic (exact) mass is 309 g/mol. The van der Waals surface area contributed by atoms with Crippen molar-refractivity contribution in [2.24, 2.45) is 0 Å². The maximum absolute atomic E-state index is 12.4. The molecule has 114 valence electrons. The van der Waals surface area contributed by atoms with Crippen LogP contribution in [0.4, 0.5) is 0 Å². The SMILES string of the molecule is Cc1nc(CC(=O)N2CC[C@H]3OCC(=O)N(C)[C@H]3C2)cs1. The first-order valence-corrected chi connectivity index (χ1v) is 7.98. The summed E-state index contributed by atoms with van der Waals surface area (Å²) in [5.41, 5.74) is 0.828. The van der Waals surface area contributed by atoms with E-state index >= 15 is 0 Å². The van der Waals surface area contributed by atoms with Crippen molar-refractivity contribution < 1.29 is 14.3 Å². The van der Waals surface area contributed by atoms with Crippen LogP contribution in [-0.2, 0) is 20.7 Å². The molecule has 3 heterocycles. The number of thiazole rings is 1. The van der Waals surface area contributed by atoms with Gasteiger partial charge in [-0.2, -0.15) is 0 Å². The molecule has 0 saturated carbocycles. The van der Waals surface area contributed by atoms with E-state index in [1.807, 2.05) is 17.2 Å². The second kappa shape index (κ2) is 5.73. The third-order valence-corrected chi connectivity index (χ3v) is 5.01. The fraction of sp³-hybridized carbons (Fsp3) is 0.643. The largest absolute Gasteiger partial charge is 0.366 e. The maximum atomic E-state index is 12.4. The van der Waals surface area contributed by atoms with Gasteiger partial charge < -0.3 is 14.5 Å². The van der Waals surface area contributed by atoms with Crippen LogP contribution >= 0.6 is 11.3 Å². The Morgan fingerprint density at radius 2 is 2.38 bits per heavy atom. The fourth-order valence-electron chi connectivity index (χ4n) is 2.92. The predicted molar refractivity (Wildman–Crippen MR) is 78.1 cm³/mol. The number of rotatable bonds is 2. The Bertz CT molecular complexity index is 559. The number of likely N-dealkylation sites (tertiary alicyclic amines) is 1. The number of carbonyl (C=O) groups excluding carboxylic acids is 2. The van der Waals surface area contributed by atoms with Gasteiger partial charge in [0, 0.05) is 25.5 Å². The average Bonchev–Trinajstić information content (AvgIpc) is 2.88. The first-order chi connectivity index (χ1) is 10.0. The second-order valence-electron chi connectivity index (χ2n) is 5.58. The number of morpholine rings is 1. The van der Waals surface area contributed by atoms with Crippen molar-refractivity contribution in [2.45, 2.75) is 31.9 Å². The zero-order valence-electron chi connectivity index (χ0n) is 12.2. The van der Waals surface area contributed by atoms with Crippen LogP contribution in [0.2, 0.25) is 0 Å². The van der Waals surface area contributed by atoms with Crippen molar-refractivity contribution in [2.75, 3.05) is 26.7 Å². The number of nitrogens with zero attached hydrogens (tertiary/aromatic N) is 3. The second-order valence-corrected chi connectivity index (χ2v) is 6.65. The topological polar surface area (TPSA) is 62.7 Å². The molecule has 0 aliphatic carbocycles.